The molecule has 1 amide bonds. The number of nitrogens with one attached hydrogen (secondary N) is 1. The fourth-order valence-electron chi connectivity index (χ4n) is 1.07. The number of aliphatic carboxylic acids is 1. The number of carboxylic acids is 1. The van der Waals surface area contributed by atoms with Crippen molar-refractivity contribution in [3.8, 4) is 0 Å². The minimum absolute atomic E-state index is 0.201. The number of hydrogen-bond donors (Lipinski definition) is 3. The highest BCUT2D eigenvalue weighted by Crippen LogP contribution is 1.95. The number of hydrogen-bond acceptors (Lipinski definition) is 4. The van der Waals surface area contributed by atoms with Gasteiger partial charge in [-0.25, -0.2) is 0 Å². The van der Waals surface area contributed by atoms with Crippen LogP contribution in [-0.4, -0.2) is 34.6 Å². The molecule has 6 heteroatoms. The second kappa shape index (κ2) is 5.82. The van der Waals surface area contributed by atoms with E-state index in [1.165, 1.54) is 12.4 Å². The van der Waals surface area contributed by atoms with Crippen LogP contribution in [0.15, 0.2) is 24.5 Å². The van der Waals surface area contributed by atoms with E-state index in [0.29, 0.717) is 5.56 Å². The zero-order chi connectivity index (χ0) is 12.0. The maximum Gasteiger partial charge on any atom is 0.320 e. The zero-order valence-electron chi connectivity index (χ0n) is 8.59. The molecule has 0 saturated carbocycles. The van der Waals surface area contributed by atoms with Gasteiger partial charge in [-0.05, 0) is 18.6 Å². The van der Waals surface area contributed by atoms with Gasteiger partial charge < -0.3 is 16.2 Å². The van der Waals surface area contributed by atoms with Crippen molar-refractivity contribution in [1.82, 2.24) is 10.3 Å². The van der Waals surface area contributed by atoms with Gasteiger partial charge in [0.1, 0.15) is 6.04 Å². The van der Waals surface area contributed by atoms with E-state index in [1.807, 2.05) is 0 Å². The van der Waals surface area contributed by atoms with Gasteiger partial charge in [-0.1, -0.05) is 0 Å². The van der Waals surface area contributed by atoms with E-state index >= 15 is 0 Å². The lowest BCUT2D eigenvalue weighted by molar-refractivity contribution is -0.138. The lowest BCUT2D eigenvalue weighted by Crippen LogP contribution is -2.35. The van der Waals surface area contributed by atoms with Gasteiger partial charge in [0.2, 0.25) is 0 Å². The average Bonchev–Trinajstić information content (AvgIpc) is 2.29. The number of carbonyl (C=O) groups is 2. The molecule has 0 saturated heterocycles. The average molecular weight is 223 g/mol. The maximum absolute atomic E-state index is 11.5. The maximum atomic E-state index is 11.5. The highest BCUT2D eigenvalue weighted by molar-refractivity contribution is 5.93. The van der Waals surface area contributed by atoms with Crippen LogP contribution >= 0.6 is 0 Å². The molecule has 0 unspecified atom stereocenters. The van der Waals surface area contributed by atoms with Gasteiger partial charge in [0, 0.05) is 24.5 Å². The summed E-state index contributed by atoms with van der Waals surface area (Å²) in [6.45, 7) is 0.231. The van der Waals surface area contributed by atoms with Crippen LogP contribution in [0.2, 0.25) is 0 Å². The van der Waals surface area contributed by atoms with Gasteiger partial charge in [0.15, 0.2) is 0 Å². The van der Waals surface area contributed by atoms with Crippen LogP contribution < -0.4 is 11.1 Å². The smallest absolute Gasteiger partial charge is 0.320 e. The lowest BCUT2D eigenvalue weighted by Gasteiger charge is -2.07. The molecule has 4 N–H and O–H groups in total. The van der Waals surface area contributed by atoms with Crippen molar-refractivity contribution in [2.45, 2.75) is 12.5 Å². The summed E-state index contributed by atoms with van der Waals surface area (Å²) in [4.78, 5) is 25.6. The summed E-state index contributed by atoms with van der Waals surface area (Å²) in [5.41, 5.74) is 5.77. The Morgan fingerprint density at radius 3 is 2.62 bits per heavy atom. The number of rotatable bonds is 5. The SMILES string of the molecule is N[C@@H](CCNC(=O)c1ccncc1)C(=O)O. The molecule has 1 aromatic rings. The van der Waals surface area contributed by atoms with Crippen molar-refractivity contribution < 1.29 is 14.7 Å². The first-order valence-corrected chi connectivity index (χ1v) is 4.78. The largest absolute Gasteiger partial charge is 0.480 e. The third kappa shape index (κ3) is 3.66. The Bertz CT molecular complexity index is 367. The number of amides is 1. The van der Waals surface area contributed by atoms with E-state index in [0.717, 1.165) is 0 Å². The topological polar surface area (TPSA) is 105 Å². The van der Waals surface area contributed by atoms with Crippen molar-refractivity contribution in [3.63, 3.8) is 0 Å². The molecule has 0 aliphatic heterocycles. The van der Waals surface area contributed by atoms with Gasteiger partial charge in [-0.2, -0.15) is 0 Å². The molecule has 0 aromatic carbocycles. The van der Waals surface area contributed by atoms with Crippen LogP contribution in [0.25, 0.3) is 0 Å². The second-order valence-electron chi connectivity index (χ2n) is 3.23. The summed E-state index contributed by atoms with van der Waals surface area (Å²) in [6.07, 6.45) is 3.22. The van der Waals surface area contributed by atoms with E-state index < -0.39 is 12.0 Å². The molecule has 0 bridgehead atoms. The number of nitrogens with two attached hydrogens (primary N) is 1. The Labute approximate surface area is 92.5 Å². The quantitative estimate of drug-likeness (QED) is 0.630. The van der Waals surface area contributed by atoms with Gasteiger partial charge in [-0.3, -0.25) is 14.6 Å². The summed E-state index contributed by atoms with van der Waals surface area (Å²) < 4.78 is 0. The summed E-state index contributed by atoms with van der Waals surface area (Å²) in [7, 11) is 0. The first kappa shape index (κ1) is 12.1. The summed E-state index contributed by atoms with van der Waals surface area (Å²) in [6, 6.07) is 2.21. The Morgan fingerprint density at radius 2 is 2.06 bits per heavy atom. The van der Waals surface area contributed by atoms with Gasteiger partial charge in [-0.15, -0.1) is 0 Å². The van der Waals surface area contributed by atoms with E-state index in [2.05, 4.69) is 10.3 Å². The van der Waals surface area contributed by atoms with Crippen LogP contribution in [0.1, 0.15) is 16.8 Å². The third-order valence-electron chi connectivity index (χ3n) is 2.00. The molecule has 16 heavy (non-hydrogen) atoms. The number of pyridine rings is 1. The molecule has 1 aromatic heterocycles. The summed E-state index contributed by atoms with van der Waals surface area (Å²) >= 11 is 0. The standard InChI is InChI=1S/C10H13N3O3/c11-8(10(15)16)3-6-13-9(14)7-1-4-12-5-2-7/h1-2,4-5,8H,3,6,11H2,(H,13,14)(H,15,16)/t8-/m0/s1. The number of nitrogens with zero attached hydrogens (tertiary/aromatic N) is 1. The van der Waals surface area contributed by atoms with E-state index in [4.69, 9.17) is 10.8 Å². The first-order chi connectivity index (χ1) is 7.61. The zero-order valence-corrected chi connectivity index (χ0v) is 8.59. The minimum atomic E-state index is -1.07. The molecule has 0 aliphatic rings. The lowest BCUT2D eigenvalue weighted by atomic mass is 10.2. The minimum Gasteiger partial charge on any atom is -0.480 e. The van der Waals surface area contributed by atoms with Gasteiger partial charge in [0.25, 0.3) is 5.91 Å². The molecule has 6 nitrogen and oxygen atoms in total. The van der Waals surface area contributed by atoms with E-state index in [9.17, 15) is 9.59 Å². The van der Waals surface area contributed by atoms with Gasteiger partial charge in [0.05, 0.1) is 0 Å². The Balaban J connectivity index is 2.34. The highest BCUT2D eigenvalue weighted by atomic mass is 16.4. The fraction of sp³-hybridized carbons (Fsp3) is 0.300. The molecule has 1 heterocycles. The Kier molecular flexibility index (Phi) is 4.41. The van der Waals surface area contributed by atoms with Crippen molar-refractivity contribution in [2.75, 3.05) is 6.54 Å². The number of carbonyl (C=O) groups excluding carboxylic acids is 1. The molecular formula is C10H13N3O3. The van der Waals surface area contributed by atoms with Crippen LogP contribution in [0, 0.1) is 0 Å². The molecule has 0 fully saturated rings. The van der Waals surface area contributed by atoms with Crippen LogP contribution in [0.5, 0.6) is 0 Å². The van der Waals surface area contributed by atoms with E-state index in [1.54, 1.807) is 12.1 Å². The van der Waals surface area contributed by atoms with Crippen LogP contribution in [-0.2, 0) is 4.79 Å². The Morgan fingerprint density at radius 1 is 1.44 bits per heavy atom. The highest BCUT2D eigenvalue weighted by Gasteiger charge is 2.11. The van der Waals surface area contributed by atoms with Gasteiger partial charge >= 0.3 is 5.97 Å². The predicted octanol–water partition coefficient (Wildman–Crippen LogP) is -0.387. The summed E-state index contributed by atoms with van der Waals surface area (Å²) in [5.74, 6) is -1.34. The number of carboxylic acid groups (broad SMARTS) is 1. The first-order valence-electron chi connectivity index (χ1n) is 4.78. The third-order valence-corrected chi connectivity index (χ3v) is 2.00. The molecule has 0 radical (unpaired) electrons. The van der Waals surface area contributed by atoms with Crippen molar-refractivity contribution in [1.29, 1.82) is 0 Å². The Hall–Kier alpha value is -1.95. The second-order valence-corrected chi connectivity index (χ2v) is 3.23. The molecule has 86 valence electrons. The van der Waals surface area contributed by atoms with Crippen molar-refractivity contribution >= 4 is 11.9 Å². The molecular weight excluding hydrogens is 210 g/mol. The van der Waals surface area contributed by atoms with Crippen LogP contribution in [0.3, 0.4) is 0 Å². The van der Waals surface area contributed by atoms with Crippen molar-refractivity contribution in [2.24, 2.45) is 5.73 Å². The predicted molar refractivity (Wildman–Crippen MR) is 56.8 cm³/mol. The number of aromatic nitrogens is 1. The molecule has 1 atom stereocenters. The molecule has 1 rings (SSSR count). The molecule has 0 spiro atoms. The monoisotopic (exact) mass is 223 g/mol. The summed E-state index contributed by atoms with van der Waals surface area (Å²) in [5, 5.41) is 11.1. The van der Waals surface area contributed by atoms with Crippen LogP contribution in [0.4, 0.5) is 0 Å². The fourth-order valence-corrected chi connectivity index (χ4v) is 1.07. The normalized spacial score (nSPS) is 11.8. The van der Waals surface area contributed by atoms with E-state index in [-0.39, 0.29) is 18.9 Å². The molecule has 0 aliphatic carbocycles. The van der Waals surface area contributed by atoms with Crippen molar-refractivity contribution in [3.05, 3.63) is 30.1 Å².